The zero-order valence-electron chi connectivity index (χ0n) is 22.8. The smallest absolute Gasteiger partial charge is 0.407 e. The summed E-state index contributed by atoms with van der Waals surface area (Å²) >= 11 is 0. The Morgan fingerprint density at radius 2 is 1.97 bits per heavy atom. The molecule has 14 heteroatoms. The molecular weight excluding hydrogens is 518 g/mol. The number of amides is 4. The molecule has 4 N–H and O–H groups in total. The summed E-state index contributed by atoms with van der Waals surface area (Å²) in [6.07, 6.45) is -1.40. The molecule has 3 heterocycles. The summed E-state index contributed by atoms with van der Waals surface area (Å²) in [6.45, 7) is 4.34. The molecule has 4 rings (SSSR count). The molecule has 4 amide bonds. The molecule has 12 nitrogen and oxygen atoms in total. The molecular formula is C25H41F2N6O6+. The lowest BCUT2D eigenvalue weighted by atomic mass is 9.73. The lowest BCUT2D eigenvalue weighted by Crippen LogP contribution is -2.77. The second-order valence-corrected chi connectivity index (χ2v) is 11.2. The monoisotopic (exact) mass is 559 g/mol. The maximum atomic E-state index is 15.5. The Morgan fingerprint density at radius 1 is 1.23 bits per heavy atom. The zero-order chi connectivity index (χ0) is 28.5. The van der Waals surface area contributed by atoms with E-state index < -0.39 is 60.0 Å². The summed E-state index contributed by atoms with van der Waals surface area (Å²) in [5.74, 6) is 1.77. The quantitative estimate of drug-likeness (QED) is 0.154. The largest absolute Gasteiger partial charge is 0.443 e. The number of nitrogens with two attached hydrogens (primary N) is 1. The molecule has 9 atom stereocenters. The summed E-state index contributed by atoms with van der Waals surface area (Å²) in [6, 6.07) is -1.10. The first-order chi connectivity index (χ1) is 18.5. The van der Waals surface area contributed by atoms with Crippen LogP contribution in [0.2, 0.25) is 0 Å². The van der Waals surface area contributed by atoms with Gasteiger partial charge in [-0.25, -0.2) is 13.6 Å². The number of imide groups is 1. The number of carbonyl (C=O) groups is 4. The fraction of sp³-hybridized carbons (Fsp3) is 0.840. The van der Waals surface area contributed by atoms with Crippen LogP contribution in [0, 0.1) is 17.8 Å². The summed E-state index contributed by atoms with van der Waals surface area (Å²) in [7, 11) is 1.78. The Bertz CT molecular complexity index is 960. The van der Waals surface area contributed by atoms with E-state index in [4.69, 9.17) is 15.5 Å². The Kier molecular flexibility index (Phi) is 9.08. The van der Waals surface area contributed by atoms with Crippen LogP contribution >= 0.6 is 0 Å². The molecule has 0 bridgehead atoms. The van der Waals surface area contributed by atoms with Crippen molar-refractivity contribution >= 4 is 23.8 Å². The highest BCUT2D eigenvalue weighted by molar-refractivity contribution is 6.02. The van der Waals surface area contributed by atoms with E-state index in [1.54, 1.807) is 12.1 Å². The maximum Gasteiger partial charge on any atom is 0.407 e. The summed E-state index contributed by atoms with van der Waals surface area (Å²) in [5.41, 5.74) is 0. The Labute approximate surface area is 226 Å². The van der Waals surface area contributed by atoms with Gasteiger partial charge in [-0.1, -0.05) is 23.0 Å². The molecule has 0 aromatic heterocycles. The molecule has 0 aromatic carbocycles. The number of hydrogen-bond acceptors (Lipinski definition) is 8. The number of fused-ring (bicyclic) bond motifs is 1. The van der Waals surface area contributed by atoms with Gasteiger partial charge in [0.05, 0.1) is 12.3 Å². The number of hydroxylamine groups is 4. The van der Waals surface area contributed by atoms with Crippen molar-refractivity contribution in [1.29, 1.82) is 0 Å². The van der Waals surface area contributed by atoms with E-state index in [0.29, 0.717) is 6.54 Å². The van der Waals surface area contributed by atoms with Crippen molar-refractivity contribution in [2.24, 2.45) is 23.6 Å². The third-order valence-corrected chi connectivity index (χ3v) is 8.76. The third kappa shape index (κ3) is 5.88. The maximum absolute atomic E-state index is 15.5. The molecule has 4 aliphatic rings. The number of hydrogen-bond donors (Lipinski definition) is 3. The predicted octanol–water partition coefficient (Wildman–Crippen LogP) is 0.718. The fourth-order valence-electron chi connectivity index (χ4n) is 6.37. The molecule has 220 valence electrons. The van der Waals surface area contributed by atoms with Crippen LogP contribution < -0.4 is 16.5 Å². The van der Waals surface area contributed by atoms with E-state index in [9.17, 15) is 19.2 Å². The zero-order valence-corrected chi connectivity index (χ0v) is 22.8. The first-order valence-electron chi connectivity index (χ1n) is 13.9. The number of quaternary nitrogens is 1. The number of piperidine rings is 1. The van der Waals surface area contributed by atoms with Gasteiger partial charge in [0.2, 0.25) is 17.7 Å². The molecule has 0 aromatic rings. The number of carbonyl (C=O) groups excluding carboxylic acids is 4. The average Bonchev–Trinajstić information content (AvgIpc) is 3.24. The normalized spacial score (nSPS) is 38.3. The van der Waals surface area contributed by atoms with Crippen LogP contribution in [0.3, 0.4) is 0 Å². The summed E-state index contributed by atoms with van der Waals surface area (Å²) in [5, 5.41) is 6.33. The second-order valence-electron chi connectivity index (χ2n) is 11.2. The van der Waals surface area contributed by atoms with Crippen LogP contribution in [0.4, 0.5) is 13.6 Å². The minimum absolute atomic E-state index is 0.000339. The van der Waals surface area contributed by atoms with Gasteiger partial charge in [-0.2, -0.15) is 0 Å². The van der Waals surface area contributed by atoms with Crippen LogP contribution in [-0.2, 0) is 24.1 Å². The van der Waals surface area contributed by atoms with E-state index >= 15 is 8.78 Å². The van der Waals surface area contributed by atoms with Crippen LogP contribution in [0.15, 0.2) is 0 Å². The molecule has 1 saturated carbocycles. The van der Waals surface area contributed by atoms with E-state index in [0.717, 1.165) is 19.3 Å². The van der Waals surface area contributed by atoms with Gasteiger partial charge in [-0.05, 0) is 19.8 Å². The van der Waals surface area contributed by atoms with Crippen molar-refractivity contribution in [2.75, 3.05) is 33.3 Å². The Balaban J connectivity index is 1.29. The van der Waals surface area contributed by atoms with Crippen molar-refractivity contribution in [3.05, 3.63) is 0 Å². The van der Waals surface area contributed by atoms with Gasteiger partial charge in [0.15, 0.2) is 12.6 Å². The van der Waals surface area contributed by atoms with E-state index in [1.165, 1.54) is 4.90 Å². The third-order valence-electron chi connectivity index (χ3n) is 8.76. The summed E-state index contributed by atoms with van der Waals surface area (Å²) < 4.78 is 35.8. The van der Waals surface area contributed by atoms with Gasteiger partial charge in [0, 0.05) is 51.4 Å². The lowest BCUT2D eigenvalue weighted by molar-refractivity contribution is -1.20. The van der Waals surface area contributed by atoms with Crippen molar-refractivity contribution in [1.82, 2.24) is 20.6 Å². The molecule has 9 unspecified atom stereocenters. The Morgan fingerprint density at radius 3 is 2.64 bits per heavy atom. The van der Waals surface area contributed by atoms with Crippen molar-refractivity contribution in [3.8, 4) is 0 Å². The highest BCUT2D eigenvalue weighted by Gasteiger charge is 2.58. The van der Waals surface area contributed by atoms with Crippen LogP contribution in [-0.4, -0.2) is 102 Å². The predicted molar refractivity (Wildman–Crippen MR) is 133 cm³/mol. The number of alkyl halides is 2. The van der Waals surface area contributed by atoms with Gasteiger partial charge < -0.3 is 15.0 Å². The highest BCUT2D eigenvalue weighted by Crippen LogP contribution is 2.44. The lowest BCUT2D eigenvalue weighted by Gasteiger charge is -2.50. The molecule has 3 saturated heterocycles. The van der Waals surface area contributed by atoms with E-state index in [1.807, 2.05) is 6.92 Å². The van der Waals surface area contributed by atoms with Gasteiger partial charge in [-0.15, -0.1) is 10.9 Å². The van der Waals surface area contributed by atoms with Crippen molar-refractivity contribution in [3.63, 3.8) is 0 Å². The second kappa shape index (κ2) is 12.0. The minimum Gasteiger partial charge on any atom is -0.443 e. The van der Waals surface area contributed by atoms with Gasteiger partial charge >= 0.3 is 6.09 Å². The number of nitrogens with one attached hydrogen (secondary N) is 2. The van der Waals surface area contributed by atoms with Crippen molar-refractivity contribution in [2.45, 2.75) is 82.8 Å². The standard InChI is InChI=1S/C25H40F2N6O6/c1-4-6-15-10-16(33(15,28)39-31(3)5-2)13-38-25(37)29-11-14-9-18(26)17-12-32(24(36)21(17)22(14)27)19-7-8-20(34)30-23(19)35/h14-19,21-22H,4-13,28H2,1-3H3,(H-,29,30,34,35,37)/p+1. The topological polar surface area (TPSA) is 143 Å². The highest BCUT2D eigenvalue weighted by atomic mass is 19.1. The van der Waals surface area contributed by atoms with Crippen LogP contribution in [0.5, 0.6) is 0 Å². The Hall–Kier alpha value is -2.42. The van der Waals surface area contributed by atoms with Gasteiger partial charge in [-0.3, -0.25) is 19.7 Å². The van der Waals surface area contributed by atoms with Crippen LogP contribution in [0.25, 0.3) is 0 Å². The van der Waals surface area contributed by atoms with Crippen molar-refractivity contribution < 1.29 is 42.4 Å². The van der Waals surface area contributed by atoms with E-state index in [-0.39, 0.29) is 55.8 Å². The first kappa shape index (κ1) is 29.6. The summed E-state index contributed by atoms with van der Waals surface area (Å²) in [4.78, 5) is 56.3. The number of ether oxygens (including phenoxy) is 1. The molecule has 0 radical (unpaired) electrons. The van der Waals surface area contributed by atoms with Crippen LogP contribution in [0.1, 0.15) is 52.4 Å². The number of rotatable bonds is 10. The molecule has 1 aliphatic carbocycles. The molecule has 0 spiro atoms. The molecule has 39 heavy (non-hydrogen) atoms. The number of likely N-dealkylation sites (tertiary alicyclic amines) is 1. The SMILES string of the molecule is CCCC1CC(COC(=O)NCC2CC(F)C3CN(C4CCC(=O)NC4=O)C(=O)C3C2F)[N+]1(N)ON(C)CC. The number of halogens is 2. The average molecular weight is 560 g/mol. The van der Waals surface area contributed by atoms with E-state index in [2.05, 4.69) is 17.6 Å². The first-order valence-corrected chi connectivity index (χ1v) is 13.9. The fourth-order valence-corrected chi connectivity index (χ4v) is 6.37. The van der Waals surface area contributed by atoms with Gasteiger partial charge in [0.25, 0.3) is 0 Å². The number of alkyl carbamates (subject to hydrolysis) is 1. The van der Waals surface area contributed by atoms with Gasteiger partial charge in [0.1, 0.15) is 24.4 Å². The number of nitrogens with zero attached hydrogens (tertiary/aromatic N) is 3. The molecule has 3 aliphatic heterocycles. The minimum atomic E-state index is -1.69. The molecule has 4 fully saturated rings.